The number of piperazine rings is 1. The van der Waals surface area contributed by atoms with Gasteiger partial charge < -0.3 is 10.1 Å². The van der Waals surface area contributed by atoms with Crippen molar-refractivity contribution in [2.75, 3.05) is 20.2 Å². The van der Waals surface area contributed by atoms with E-state index in [0.29, 0.717) is 18.8 Å². The van der Waals surface area contributed by atoms with Crippen LogP contribution in [-0.2, 0) is 10.0 Å². The summed E-state index contributed by atoms with van der Waals surface area (Å²) in [5, 5.41) is 3.34. The number of ether oxygens (including phenoxy) is 1. The van der Waals surface area contributed by atoms with Crippen molar-refractivity contribution >= 4 is 22.4 Å². The fourth-order valence-electron chi connectivity index (χ4n) is 2.60. The fraction of sp³-hybridized carbons (Fsp3) is 0.571. The summed E-state index contributed by atoms with van der Waals surface area (Å²) in [7, 11) is -2.03. The molecule has 120 valence electrons. The van der Waals surface area contributed by atoms with E-state index in [-0.39, 0.29) is 29.4 Å². The summed E-state index contributed by atoms with van der Waals surface area (Å²) >= 11 is 0. The summed E-state index contributed by atoms with van der Waals surface area (Å²) < 4.78 is 32.4. The molecule has 0 radical (unpaired) electrons. The molecule has 1 aliphatic heterocycles. The number of nitrogens with zero attached hydrogens (tertiary/aromatic N) is 1. The maximum Gasteiger partial charge on any atom is 0.246 e. The number of aryl methyl sites for hydroxylation is 1. The van der Waals surface area contributed by atoms with E-state index in [4.69, 9.17) is 4.74 Å². The highest BCUT2D eigenvalue weighted by Gasteiger charge is 2.33. The third kappa shape index (κ3) is 3.88. The SMILES string of the molecule is COc1ccc(C)cc1S(=O)(=O)N1CC(C)NC(C)C1.Cl. The van der Waals surface area contributed by atoms with Crippen LogP contribution in [0.3, 0.4) is 0 Å². The van der Waals surface area contributed by atoms with Crippen LogP contribution in [0.1, 0.15) is 19.4 Å². The minimum Gasteiger partial charge on any atom is -0.495 e. The molecule has 7 heteroatoms. The van der Waals surface area contributed by atoms with Crippen LogP contribution in [0.4, 0.5) is 0 Å². The average molecular weight is 335 g/mol. The Morgan fingerprint density at radius 1 is 1.24 bits per heavy atom. The predicted molar refractivity (Wildman–Crippen MR) is 85.8 cm³/mol. The Kier molecular flexibility index (Phi) is 6.04. The number of sulfonamides is 1. The standard InChI is InChI=1S/C14H22N2O3S.ClH/c1-10-5-6-13(19-4)14(7-10)20(17,18)16-8-11(2)15-12(3)9-16;/h5-7,11-12,15H,8-9H2,1-4H3;1H. The van der Waals surface area contributed by atoms with E-state index in [0.717, 1.165) is 5.56 Å². The highest BCUT2D eigenvalue weighted by atomic mass is 35.5. The molecule has 1 heterocycles. The van der Waals surface area contributed by atoms with E-state index in [1.807, 2.05) is 26.8 Å². The molecular weight excluding hydrogens is 312 g/mol. The Morgan fingerprint density at radius 2 is 1.81 bits per heavy atom. The molecule has 1 aromatic carbocycles. The first-order valence-corrected chi connectivity index (χ1v) is 8.19. The van der Waals surface area contributed by atoms with Crippen molar-refractivity contribution in [1.82, 2.24) is 9.62 Å². The number of hydrogen-bond donors (Lipinski definition) is 1. The minimum atomic E-state index is -3.52. The van der Waals surface area contributed by atoms with Gasteiger partial charge in [0.25, 0.3) is 0 Å². The van der Waals surface area contributed by atoms with Crippen LogP contribution in [0, 0.1) is 6.92 Å². The molecular formula is C14H23ClN2O3S. The summed E-state index contributed by atoms with van der Waals surface area (Å²) in [6, 6.07) is 5.51. The van der Waals surface area contributed by atoms with Crippen molar-refractivity contribution in [2.45, 2.75) is 37.8 Å². The van der Waals surface area contributed by atoms with Crippen molar-refractivity contribution in [3.63, 3.8) is 0 Å². The molecule has 2 atom stereocenters. The van der Waals surface area contributed by atoms with E-state index in [2.05, 4.69) is 5.32 Å². The van der Waals surface area contributed by atoms with Gasteiger partial charge in [0, 0.05) is 25.2 Å². The lowest BCUT2D eigenvalue weighted by Crippen LogP contribution is -2.55. The second-order valence-corrected chi connectivity index (χ2v) is 7.35. The Labute approximate surface area is 133 Å². The van der Waals surface area contributed by atoms with Crippen LogP contribution >= 0.6 is 12.4 Å². The van der Waals surface area contributed by atoms with E-state index >= 15 is 0 Å². The zero-order valence-electron chi connectivity index (χ0n) is 12.8. The molecule has 5 nitrogen and oxygen atoms in total. The van der Waals surface area contributed by atoms with Gasteiger partial charge in [-0.2, -0.15) is 4.31 Å². The van der Waals surface area contributed by atoms with Crippen molar-refractivity contribution < 1.29 is 13.2 Å². The van der Waals surface area contributed by atoms with E-state index in [1.165, 1.54) is 11.4 Å². The summed E-state index contributed by atoms with van der Waals surface area (Å²) in [4.78, 5) is 0.251. The largest absolute Gasteiger partial charge is 0.495 e. The molecule has 2 unspecified atom stereocenters. The second-order valence-electron chi connectivity index (χ2n) is 5.45. The van der Waals surface area contributed by atoms with Gasteiger partial charge in [0.2, 0.25) is 10.0 Å². The van der Waals surface area contributed by atoms with E-state index in [1.54, 1.807) is 12.1 Å². The normalized spacial score (nSPS) is 23.4. The van der Waals surface area contributed by atoms with Crippen LogP contribution in [0.5, 0.6) is 5.75 Å². The second kappa shape index (κ2) is 6.96. The summed E-state index contributed by atoms with van der Waals surface area (Å²) in [6.45, 7) is 6.81. The molecule has 21 heavy (non-hydrogen) atoms. The van der Waals surface area contributed by atoms with Crippen LogP contribution < -0.4 is 10.1 Å². The van der Waals surface area contributed by atoms with Crippen LogP contribution in [0.15, 0.2) is 23.1 Å². The molecule has 0 aromatic heterocycles. The molecule has 1 saturated heterocycles. The maximum atomic E-state index is 12.8. The molecule has 1 N–H and O–H groups in total. The highest BCUT2D eigenvalue weighted by Crippen LogP contribution is 2.28. The van der Waals surface area contributed by atoms with Crippen LogP contribution in [0.2, 0.25) is 0 Å². The molecule has 2 rings (SSSR count). The summed E-state index contributed by atoms with van der Waals surface area (Å²) in [5.41, 5.74) is 0.903. The van der Waals surface area contributed by atoms with Gasteiger partial charge >= 0.3 is 0 Å². The number of nitrogens with one attached hydrogen (secondary N) is 1. The first-order valence-electron chi connectivity index (χ1n) is 6.75. The first kappa shape index (κ1) is 18.2. The zero-order chi connectivity index (χ0) is 14.9. The molecule has 1 aromatic rings. The van der Waals surface area contributed by atoms with Gasteiger partial charge in [-0.25, -0.2) is 8.42 Å². The van der Waals surface area contributed by atoms with Crippen molar-refractivity contribution in [3.8, 4) is 5.75 Å². The zero-order valence-corrected chi connectivity index (χ0v) is 14.4. The van der Waals surface area contributed by atoms with Gasteiger partial charge in [-0.1, -0.05) is 6.07 Å². The van der Waals surface area contributed by atoms with Gasteiger partial charge in [0.15, 0.2) is 0 Å². The molecule has 0 bridgehead atoms. The van der Waals surface area contributed by atoms with Crippen molar-refractivity contribution in [2.24, 2.45) is 0 Å². The maximum absolute atomic E-state index is 12.8. The van der Waals surface area contributed by atoms with E-state index in [9.17, 15) is 8.42 Å². The van der Waals surface area contributed by atoms with Gasteiger partial charge in [0.05, 0.1) is 7.11 Å². The van der Waals surface area contributed by atoms with Gasteiger partial charge in [0.1, 0.15) is 10.6 Å². The van der Waals surface area contributed by atoms with Gasteiger partial charge in [-0.05, 0) is 38.5 Å². The lowest BCUT2D eigenvalue weighted by molar-refractivity contribution is 0.262. The topological polar surface area (TPSA) is 58.6 Å². The lowest BCUT2D eigenvalue weighted by atomic mass is 10.2. The van der Waals surface area contributed by atoms with Gasteiger partial charge in [-0.3, -0.25) is 0 Å². The third-order valence-corrected chi connectivity index (χ3v) is 5.31. The summed E-state index contributed by atoms with van der Waals surface area (Å²) in [6.07, 6.45) is 0. The quantitative estimate of drug-likeness (QED) is 0.915. The molecule has 0 saturated carbocycles. The molecule has 0 amide bonds. The molecule has 1 aliphatic rings. The van der Waals surface area contributed by atoms with Crippen molar-refractivity contribution in [3.05, 3.63) is 23.8 Å². The lowest BCUT2D eigenvalue weighted by Gasteiger charge is -2.35. The highest BCUT2D eigenvalue weighted by molar-refractivity contribution is 7.89. The Bertz CT molecular complexity index is 582. The predicted octanol–water partition coefficient (Wildman–Crippen LogP) is 1.80. The Balaban J connectivity index is 0.00000220. The summed E-state index contributed by atoms with van der Waals surface area (Å²) in [5.74, 6) is 0.398. The minimum absolute atomic E-state index is 0. The monoisotopic (exact) mass is 334 g/mol. The average Bonchev–Trinajstić information content (AvgIpc) is 2.37. The Hall–Kier alpha value is -0.820. The van der Waals surface area contributed by atoms with Crippen LogP contribution in [0.25, 0.3) is 0 Å². The smallest absolute Gasteiger partial charge is 0.246 e. The van der Waals surface area contributed by atoms with Crippen molar-refractivity contribution in [1.29, 1.82) is 0 Å². The molecule has 1 fully saturated rings. The third-order valence-electron chi connectivity index (χ3n) is 3.46. The number of rotatable bonds is 3. The fourth-order valence-corrected chi connectivity index (χ4v) is 4.46. The number of benzene rings is 1. The Morgan fingerprint density at radius 3 is 2.33 bits per heavy atom. The number of methoxy groups -OCH3 is 1. The van der Waals surface area contributed by atoms with Gasteiger partial charge in [-0.15, -0.1) is 12.4 Å². The van der Waals surface area contributed by atoms with Crippen LogP contribution in [-0.4, -0.2) is 45.0 Å². The van der Waals surface area contributed by atoms with E-state index < -0.39 is 10.0 Å². The number of halogens is 1. The molecule has 0 spiro atoms. The number of hydrogen-bond acceptors (Lipinski definition) is 4. The first-order chi connectivity index (χ1) is 9.34. The molecule has 0 aliphatic carbocycles.